The Balaban J connectivity index is 2.83. The average Bonchev–Trinajstić information content (AvgIpc) is 2.36. The van der Waals surface area contributed by atoms with Gasteiger partial charge < -0.3 is 9.84 Å². The summed E-state index contributed by atoms with van der Waals surface area (Å²) in [6.07, 6.45) is 1.16. The first-order chi connectivity index (χ1) is 8.20. The molecule has 0 aliphatic rings. The quantitative estimate of drug-likeness (QED) is 0.607. The first-order valence-electron chi connectivity index (χ1n) is 5.71. The molecule has 0 spiro atoms. The van der Waals surface area contributed by atoms with Crippen molar-refractivity contribution in [1.29, 1.82) is 0 Å². The van der Waals surface area contributed by atoms with Gasteiger partial charge in [0.05, 0.1) is 18.6 Å². The molecular formula is C14H18O3. The van der Waals surface area contributed by atoms with Crippen LogP contribution in [0.2, 0.25) is 0 Å². The van der Waals surface area contributed by atoms with Gasteiger partial charge in [-0.05, 0) is 18.9 Å². The van der Waals surface area contributed by atoms with Crippen molar-refractivity contribution in [2.75, 3.05) is 6.61 Å². The molecule has 2 atom stereocenters. The Kier molecular flexibility index (Phi) is 5.43. The maximum atomic E-state index is 11.7. The minimum Gasteiger partial charge on any atom is -0.466 e. The monoisotopic (exact) mass is 234 g/mol. The van der Waals surface area contributed by atoms with Crippen LogP contribution in [-0.4, -0.2) is 17.7 Å². The van der Waals surface area contributed by atoms with E-state index in [4.69, 9.17) is 4.74 Å². The van der Waals surface area contributed by atoms with E-state index in [1.54, 1.807) is 25.1 Å². The zero-order valence-electron chi connectivity index (χ0n) is 10.0. The number of benzene rings is 1. The standard InChI is InChI=1S/C14H18O3/c1-3-8-12(14(16)17-4-2)13(15)11-9-6-5-7-10-11/h3,5-7,9-10,12-13,15H,1,4,8H2,2H3/t12-,13+/m0/s1. The summed E-state index contributed by atoms with van der Waals surface area (Å²) in [5, 5.41) is 10.2. The summed E-state index contributed by atoms with van der Waals surface area (Å²) in [4.78, 5) is 11.7. The summed E-state index contributed by atoms with van der Waals surface area (Å²) >= 11 is 0. The molecule has 0 saturated carbocycles. The van der Waals surface area contributed by atoms with Crippen LogP contribution in [0.5, 0.6) is 0 Å². The number of allylic oxidation sites excluding steroid dienone is 1. The van der Waals surface area contributed by atoms with Crippen molar-refractivity contribution in [3.05, 3.63) is 48.6 Å². The highest BCUT2D eigenvalue weighted by molar-refractivity contribution is 5.73. The van der Waals surface area contributed by atoms with Gasteiger partial charge in [-0.2, -0.15) is 0 Å². The summed E-state index contributed by atoms with van der Waals surface area (Å²) in [6.45, 7) is 5.66. The summed E-state index contributed by atoms with van der Waals surface area (Å²) in [5.41, 5.74) is 0.715. The minimum atomic E-state index is -0.853. The summed E-state index contributed by atoms with van der Waals surface area (Å²) in [6, 6.07) is 9.10. The first kappa shape index (κ1) is 13.5. The molecule has 0 amide bonds. The van der Waals surface area contributed by atoms with Crippen LogP contribution >= 0.6 is 0 Å². The number of hydrogen-bond donors (Lipinski definition) is 1. The molecule has 0 heterocycles. The first-order valence-corrected chi connectivity index (χ1v) is 5.71. The number of hydrogen-bond acceptors (Lipinski definition) is 3. The molecule has 0 saturated heterocycles. The van der Waals surface area contributed by atoms with E-state index in [0.29, 0.717) is 18.6 Å². The van der Waals surface area contributed by atoms with Crippen LogP contribution in [0.3, 0.4) is 0 Å². The molecule has 92 valence electrons. The van der Waals surface area contributed by atoms with Gasteiger partial charge in [0, 0.05) is 0 Å². The Bertz CT molecular complexity index is 359. The van der Waals surface area contributed by atoms with E-state index in [0.717, 1.165) is 0 Å². The molecule has 0 unspecified atom stereocenters. The highest BCUT2D eigenvalue weighted by Gasteiger charge is 2.27. The Morgan fingerprint density at radius 1 is 1.47 bits per heavy atom. The Morgan fingerprint density at radius 2 is 2.12 bits per heavy atom. The smallest absolute Gasteiger partial charge is 0.312 e. The fraction of sp³-hybridized carbons (Fsp3) is 0.357. The van der Waals surface area contributed by atoms with E-state index in [2.05, 4.69) is 6.58 Å². The molecule has 17 heavy (non-hydrogen) atoms. The minimum absolute atomic E-state index is 0.313. The predicted molar refractivity (Wildman–Crippen MR) is 66.3 cm³/mol. The normalized spacial score (nSPS) is 13.8. The Morgan fingerprint density at radius 3 is 2.65 bits per heavy atom. The molecular weight excluding hydrogens is 216 g/mol. The number of ether oxygens (including phenoxy) is 1. The average molecular weight is 234 g/mol. The van der Waals surface area contributed by atoms with Crippen molar-refractivity contribution in [3.63, 3.8) is 0 Å². The van der Waals surface area contributed by atoms with Gasteiger partial charge in [0.1, 0.15) is 0 Å². The SMILES string of the molecule is C=CC[C@H](C(=O)OCC)[C@H](O)c1ccccc1. The van der Waals surface area contributed by atoms with Crippen molar-refractivity contribution in [3.8, 4) is 0 Å². The van der Waals surface area contributed by atoms with E-state index >= 15 is 0 Å². The summed E-state index contributed by atoms with van der Waals surface area (Å²) in [5.74, 6) is -0.974. The fourth-order valence-corrected chi connectivity index (χ4v) is 1.67. The zero-order chi connectivity index (χ0) is 12.7. The third kappa shape index (κ3) is 3.71. The second-order valence-electron chi connectivity index (χ2n) is 3.74. The lowest BCUT2D eigenvalue weighted by atomic mass is 9.93. The molecule has 1 aromatic carbocycles. The maximum Gasteiger partial charge on any atom is 0.312 e. The van der Waals surface area contributed by atoms with Crippen molar-refractivity contribution >= 4 is 5.97 Å². The molecule has 3 nitrogen and oxygen atoms in total. The molecule has 1 rings (SSSR count). The highest BCUT2D eigenvalue weighted by Crippen LogP contribution is 2.26. The van der Waals surface area contributed by atoms with Crippen LogP contribution in [0, 0.1) is 5.92 Å². The maximum absolute atomic E-state index is 11.7. The van der Waals surface area contributed by atoms with Gasteiger partial charge in [-0.25, -0.2) is 0 Å². The molecule has 0 fully saturated rings. The van der Waals surface area contributed by atoms with Gasteiger partial charge in [0.25, 0.3) is 0 Å². The number of carbonyl (C=O) groups is 1. The Labute approximate surface area is 102 Å². The van der Waals surface area contributed by atoms with Crippen molar-refractivity contribution in [2.24, 2.45) is 5.92 Å². The third-order valence-electron chi connectivity index (χ3n) is 2.53. The Hall–Kier alpha value is -1.61. The van der Waals surface area contributed by atoms with Crippen molar-refractivity contribution in [1.82, 2.24) is 0 Å². The predicted octanol–water partition coefficient (Wildman–Crippen LogP) is 2.48. The lowest BCUT2D eigenvalue weighted by Crippen LogP contribution is -2.24. The molecule has 1 N–H and O–H groups in total. The summed E-state index contributed by atoms with van der Waals surface area (Å²) in [7, 11) is 0. The number of rotatable bonds is 6. The van der Waals surface area contributed by atoms with Gasteiger partial charge >= 0.3 is 5.97 Å². The van der Waals surface area contributed by atoms with Crippen LogP contribution < -0.4 is 0 Å². The van der Waals surface area contributed by atoms with Gasteiger partial charge in [0.15, 0.2) is 0 Å². The molecule has 0 aliphatic carbocycles. The second kappa shape index (κ2) is 6.86. The van der Waals surface area contributed by atoms with E-state index in [-0.39, 0.29) is 5.97 Å². The summed E-state index contributed by atoms with van der Waals surface area (Å²) < 4.78 is 4.95. The molecule has 3 heteroatoms. The number of aliphatic hydroxyl groups excluding tert-OH is 1. The molecule has 0 radical (unpaired) electrons. The van der Waals surface area contributed by atoms with Gasteiger partial charge in [-0.15, -0.1) is 6.58 Å². The van der Waals surface area contributed by atoms with Crippen LogP contribution in [0.1, 0.15) is 25.0 Å². The van der Waals surface area contributed by atoms with Gasteiger partial charge in [-0.3, -0.25) is 4.79 Å². The van der Waals surface area contributed by atoms with E-state index < -0.39 is 12.0 Å². The van der Waals surface area contributed by atoms with Crippen LogP contribution in [0.4, 0.5) is 0 Å². The highest BCUT2D eigenvalue weighted by atomic mass is 16.5. The molecule has 0 bridgehead atoms. The molecule has 0 aromatic heterocycles. The van der Waals surface area contributed by atoms with Gasteiger partial charge in [-0.1, -0.05) is 36.4 Å². The third-order valence-corrected chi connectivity index (χ3v) is 2.53. The van der Waals surface area contributed by atoms with Crippen LogP contribution in [0.25, 0.3) is 0 Å². The topological polar surface area (TPSA) is 46.5 Å². The largest absolute Gasteiger partial charge is 0.466 e. The van der Waals surface area contributed by atoms with Gasteiger partial charge in [0.2, 0.25) is 0 Å². The fourth-order valence-electron chi connectivity index (χ4n) is 1.67. The lowest BCUT2D eigenvalue weighted by Gasteiger charge is -2.20. The van der Waals surface area contributed by atoms with Crippen LogP contribution in [0.15, 0.2) is 43.0 Å². The van der Waals surface area contributed by atoms with E-state index in [1.807, 2.05) is 18.2 Å². The van der Waals surface area contributed by atoms with E-state index in [9.17, 15) is 9.90 Å². The molecule has 1 aromatic rings. The number of esters is 1. The second-order valence-corrected chi connectivity index (χ2v) is 3.74. The van der Waals surface area contributed by atoms with E-state index in [1.165, 1.54) is 0 Å². The molecule has 0 aliphatic heterocycles. The van der Waals surface area contributed by atoms with Crippen LogP contribution in [-0.2, 0) is 9.53 Å². The zero-order valence-corrected chi connectivity index (χ0v) is 10.0. The number of aliphatic hydroxyl groups is 1. The van der Waals surface area contributed by atoms with Crippen molar-refractivity contribution in [2.45, 2.75) is 19.4 Å². The number of carbonyl (C=O) groups excluding carboxylic acids is 1. The van der Waals surface area contributed by atoms with Crippen molar-refractivity contribution < 1.29 is 14.6 Å². The lowest BCUT2D eigenvalue weighted by molar-refractivity contribution is -0.152.